The van der Waals surface area contributed by atoms with Crippen LogP contribution in [0.2, 0.25) is 0 Å². The molecule has 3 aliphatic rings. The molecule has 2 unspecified atom stereocenters. The molecule has 2 aliphatic heterocycles. The van der Waals surface area contributed by atoms with Gasteiger partial charge in [-0.3, -0.25) is 0 Å². The summed E-state index contributed by atoms with van der Waals surface area (Å²) in [7, 11) is 0. The highest BCUT2D eigenvalue weighted by Crippen LogP contribution is 2.36. The Labute approximate surface area is 175 Å². The lowest BCUT2D eigenvalue weighted by Gasteiger charge is -2.22. The number of benzene rings is 1. The number of fused-ring (bicyclic) bond motifs is 1. The van der Waals surface area contributed by atoms with Crippen molar-refractivity contribution < 1.29 is 9.47 Å². The number of nitrogens with one attached hydrogen (secondary N) is 1. The molecule has 2 saturated heterocycles. The van der Waals surface area contributed by atoms with Crippen LogP contribution in [0.25, 0.3) is 0 Å². The van der Waals surface area contributed by atoms with E-state index in [1.807, 2.05) is 0 Å². The first kappa shape index (κ1) is 20.7. The number of guanidine groups is 1. The zero-order chi connectivity index (χ0) is 19.9. The minimum Gasteiger partial charge on any atom is -0.381 e. The average molecular weight is 400 g/mol. The second-order valence-electron chi connectivity index (χ2n) is 8.82. The molecule has 160 valence electrons. The van der Waals surface area contributed by atoms with Gasteiger partial charge in [-0.25, -0.2) is 4.99 Å². The van der Waals surface area contributed by atoms with Gasteiger partial charge in [0.15, 0.2) is 5.96 Å². The third-order valence-corrected chi connectivity index (χ3v) is 6.67. The lowest BCUT2D eigenvalue weighted by molar-refractivity contribution is -0.0390. The number of hydrogen-bond acceptors (Lipinski definition) is 3. The smallest absolute Gasteiger partial charge is 0.194 e. The van der Waals surface area contributed by atoms with Crippen LogP contribution in [0.3, 0.4) is 0 Å². The minimum absolute atomic E-state index is 0.337. The van der Waals surface area contributed by atoms with E-state index in [9.17, 15) is 0 Å². The molecule has 2 heterocycles. The first-order valence-corrected chi connectivity index (χ1v) is 11.6. The van der Waals surface area contributed by atoms with E-state index in [4.69, 9.17) is 14.5 Å². The SMILES string of the molecule is CCNC(=NCc1cccc(COC2CCOCC2)c1)N1CC2CCCCC2C1. The average Bonchev–Trinajstić information content (AvgIpc) is 3.20. The molecule has 0 aromatic heterocycles. The maximum absolute atomic E-state index is 6.09. The zero-order valence-corrected chi connectivity index (χ0v) is 17.9. The summed E-state index contributed by atoms with van der Waals surface area (Å²) < 4.78 is 11.5. The summed E-state index contributed by atoms with van der Waals surface area (Å²) in [6.45, 7) is 8.48. The van der Waals surface area contributed by atoms with E-state index in [1.165, 1.54) is 49.9 Å². The Morgan fingerprint density at radius 2 is 1.83 bits per heavy atom. The molecule has 1 saturated carbocycles. The van der Waals surface area contributed by atoms with Crippen LogP contribution in [-0.4, -0.2) is 49.8 Å². The number of ether oxygens (including phenoxy) is 2. The summed E-state index contributed by atoms with van der Waals surface area (Å²) in [5.74, 6) is 2.84. The summed E-state index contributed by atoms with van der Waals surface area (Å²) in [6, 6.07) is 8.71. The fraction of sp³-hybridized carbons (Fsp3) is 0.708. The van der Waals surface area contributed by atoms with Crippen molar-refractivity contribution in [3.8, 4) is 0 Å². The Morgan fingerprint density at radius 3 is 2.55 bits per heavy atom. The number of rotatable bonds is 6. The normalized spacial score (nSPS) is 25.8. The second kappa shape index (κ2) is 10.4. The molecule has 3 fully saturated rings. The lowest BCUT2D eigenvalue weighted by atomic mass is 9.82. The fourth-order valence-corrected chi connectivity index (χ4v) is 5.05. The Kier molecular flexibility index (Phi) is 7.44. The topological polar surface area (TPSA) is 46.1 Å². The molecule has 1 aromatic rings. The summed E-state index contributed by atoms with van der Waals surface area (Å²) in [4.78, 5) is 7.49. The first-order valence-electron chi connectivity index (χ1n) is 11.6. The van der Waals surface area contributed by atoms with Crippen molar-refractivity contribution in [2.45, 2.75) is 64.7 Å². The van der Waals surface area contributed by atoms with Gasteiger partial charge in [0.25, 0.3) is 0 Å². The van der Waals surface area contributed by atoms with Gasteiger partial charge in [-0.1, -0.05) is 37.1 Å². The van der Waals surface area contributed by atoms with E-state index in [-0.39, 0.29) is 0 Å². The van der Waals surface area contributed by atoms with Crippen LogP contribution >= 0.6 is 0 Å². The predicted octanol–water partition coefficient (Wildman–Crippen LogP) is 3.97. The summed E-state index contributed by atoms with van der Waals surface area (Å²) >= 11 is 0. The van der Waals surface area contributed by atoms with E-state index in [2.05, 4.69) is 41.4 Å². The molecular formula is C24H37N3O2. The van der Waals surface area contributed by atoms with Gasteiger partial charge < -0.3 is 19.7 Å². The van der Waals surface area contributed by atoms with Crippen molar-refractivity contribution >= 4 is 5.96 Å². The highest BCUT2D eigenvalue weighted by atomic mass is 16.5. The molecule has 1 aliphatic carbocycles. The van der Waals surface area contributed by atoms with Crippen LogP contribution in [0.4, 0.5) is 0 Å². The molecule has 4 rings (SSSR count). The van der Waals surface area contributed by atoms with Crippen molar-refractivity contribution in [2.75, 3.05) is 32.8 Å². The largest absolute Gasteiger partial charge is 0.381 e. The van der Waals surface area contributed by atoms with Gasteiger partial charge in [-0.2, -0.15) is 0 Å². The minimum atomic E-state index is 0.337. The highest BCUT2D eigenvalue weighted by molar-refractivity contribution is 5.80. The van der Waals surface area contributed by atoms with Crippen LogP contribution in [0.15, 0.2) is 29.3 Å². The van der Waals surface area contributed by atoms with Crippen LogP contribution in [0.1, 0.15) is 56.6 Å². The fourth-order valence-electron chi connectivity index (χ4n) is 5.05. The second-order valence-corrected chi connectivity index (χ2v) is 8.82. The van der Waals surface area contributed by atoms with Gasteiger partial charge in [0.05, 0.1) is 19.3 Å². The number of nitrogens with zero attached hydrogens (tertiary/aromatic N) is 2. The van der Waals surface area contributed by atoms with E-state index in [0.29, 0.717) is 12.7 Å². The Hall–Kier alpha value is -1.59. The van der Waals surface area contributed by atoms with E-state index >= 15 is 0 Å². The molecular weight excluding hydrogens is 362 g/mol. The van der Waals surface area contributed by atoms with Gasteiger partial charge in [0, 0.05) is 32.8 Å². The molecule has 0 amide bonds. The van der Waals surface area contributed by atoms with E-state index < -0.39 is 0 Å². The molecule has 1 N–H and O–H groups in total. The van der Waals surface area contributed by atoms with E-state index in [0.717, 1.165) is 56.9 Å². The molecule has 5 heteroatoms. The van der Waals surface area contributed by atoms with Gasteiger partial charge in [-0.15, -0.1) is 0 Å². The Balaban J connectivity index is 1.34. The summed E-state index contributed by atoms with van der Waals surface area (Å²) in [5, 5.41) is 3.53. The lowest BCUT2D eigenvalue weighted by Crippen LogP contribution is -2.40. The van der Waals surface area contributed by atoms with Gasteiger partial charge in [0.2, 0.25) is 0 Å². The maximum atomic E-state index is 6.09. The van der Waals surface area contributed by atoms with Crippen LogP contribution in [-0.2, 0) is 22.6 Å². The van der Waals surface area contributed by atoms with Gasteiger partial charge >= 0.3 is 0 Å². The van der Waals surface area contributed by atoms with Crippen molar-refractivity contribution in [1.82, 2.24) is 10.2 Å². The third-order valence-electron chi connectivity index (χ3n) is 6.67. The van der Waals surface area contributed by atoms with Gasteiger partial charge in [0.1, 0.15) is 0 Å². The zero-order valence-electron chi connectivity index (χ0n) is 17.9. The molecule has 5 nitrogen and oxygen atoms in total. The summed E-state index contributed by atoms with van der Waals surface area (Å²) in [5.41, 5.74) is 2.49. The number of likely N-dealkylation sites (tertiary alicyclic amines) is 1. The number of aliphatic imine (C=N–C) groups is 1. The number of hydrogen-bond donors (Lipinski definition) is 1. The molecule has 2 atom stereocenters. The third kappa shape index (κ3) is 5.73. The maximum Gasteiger partial charge on any atom is 0.194 e. The standard InChI is InChI=1S/C24H37N3O2/c1-2-25-24(27-16-21-8-3-4-9-22(21)17-27)26-15-19-6-5-7-20(14-19)18-29-23-10-12-28-13-11-23/h5-7,14,21-23H,2-4,8-13,15-18H2,1H3,(H,25,26). The quantitative estimate of drug-likeness (QED) is 0.581. The molecule has 0 spiro atoms. The van der Waals surface area contributed by atoms with Crippen molar-refractivity contribution in [3.05, 3.63) is 35.4 Å². The van der Waals surface area contributed by atoms with Crippen LogP contribution < -0.4 is 5.32 Å². The van der Waals surface area contributed by atoms with Crippen molar-refractivity contribution in [1.29, 1.82) is 0 Å². The molecule has 0 bridgehead atoms. The Morgan fingerprint density at radius 1 is 1.10 bits per heavy atom. The van der Waals surface area contributed by atoms with E-state index in [1.54, 1.807) is 0 Å². The van der Waals surface area contributed by atoms with Crippen LogP contribution in [0.5, 0.6) is 0 Å². The molecule has 29 heavy (non-hydrogen) atoms. The first-order chi connectivity index (χ1) is 14.3. The van der Waals surface area contributed by atoms with Crippen LogP contribution in [0, 0.1) is 11.8 Å². The summed E-state index contributed by atoms with van der Waals surface area (Å²) in [6.07, 6.45) is 7.97. The van der Waals surface area contributed by atoms with Gasteiger partial charge in [-0.05, 0) is 55.6 Å². The predicted molar refractivity (Wildman–Crippen MR) is 117 cm³/mol. The monoisotopic (exact) mass is 399 g/mol. The Bertz CT molecular complexity index is 658. The molecule has 0 radical (unpaired) electrons. The molecule has 1 aromatic carbocycles. The van der Waals surface area contributed by atoms with Crippen molar-refractivity contribution in [2.24, 2.45) is 16.8 Å². The highest BCUT2D eigenvalue weighted by Gasteiger charge is 2.35. The van der Waals surface area contributed by atoms with Crippen molar-refractivity contribution in [3.63, 3.8) is 0 Å².